The summed E-state index contributed by atoms with van der Waals surface area (Å²) in [4.78, 5) is 3.91. The van der Waals surface area contributed by atoms with Crippen LogP contribution in [-0.4, -0.2) is 4.98 Å². The number of para-hydroxylation sites is 1. The Labute approximate surface area is 81.3 Å². The molecule has 2 aromatic rings. The molecule has 0 unspecified atom stereocenters. The van der Waals surface area contributed by atoms with Crippen LogP contribution < -0.4 is 10.5 Å². The van der Waals surface area contributed by atoms with Crippen molar-refractivity contribution in [3.05, 3.63) is 42.3 Å². The molecule has 0 radical (unpaired) electrons. The molecule has 4 heteroatoms. The SMILES string of the molecule is Nc1nc(COc2ccccc2)co1. The average molecular weight is 190 g/mol. The van der Waals surface area contributed by atoms with Crippen molar-refractivity contribution in [3.63, 3.8) is 0 Å². The van der Waals surface area contributed by atoms with Gasteiger partial charge in [-0.15, -0.1) is 0 Å². The minimum atomic E-state index is 0.164. The summed E-state index contributed by atoms with van der Waals surface area (Å²) in [5.41, 5.74) is 6.00. The number of anilines is 1. The van der Waals surface area contributed by atoms with Crippen LogP contribution in [0.3, 0.4) is 0 Å². The molecular formula is C10H10N2O2. The van der Waals surface area contributed by atoms with Crippen molar-refractivity contribution in [1.82, 2.24) is 4.98 Å². The van der Waals surface area contributed by atoms with Crippen LogP contribution >= 0.6 is 0 Å². The Balaban J connectivity index is 1.95. The van der Waals surface area contributed by atoms with Gasteiger partial charge in [0.1, 0.15) is 24.3 Å². The number of aromatic nitrogens is 1. The lowest BCUT2D eigenvalue weighted by molar-refractivity contribution is 0.301. The highest BCUT2D eigenvalue weighted by Gasteiger charge is 2.00. The van der Waals surface area contributed by atoms with Crippen LogP contribution in [0.25, 0.3) is 0 Å². The molecule has 4 nitrogen and oxygen atoms in total. The van der Waals surface area contributed by atoms with Gasteiger partial charge >= 0.3 is 0 Å². The quantitative estimate of drug-likeness (QED) is 0.802. The van der Waals surface area contributed by atoms with Crippen LogP contribution in [0.4, 0.5) is 6.01 Å². The molecule has 0 aliphatic rings. The van der Waals surface area contributed by atoms with Gasteiger partial charge in [-0.2, -0.15) is 4.98 Å². The second-order valence-corrected chi connectivity index (χ2v) is 2.78. The Morgan fingerprint density at radius 1 is 1.29 bits per heavy atom. The van der Waals surface area contributed by atoms with Crippen molar-refractivity contribution in [1.29, 1.82) is 0 Å². The molecule has 1 heterocycles. The van der Waals surface area contributed by atoms with E-state index in [0.717, 1.165) is 5.75 Å². The number of oxazole rings is 1. The van der Waals surface area contributed by atoms with Crippen LogP contribution in [0.5, 0.6) is 5.75 Å². The molecule has 1 aromatic heterocycles. The number of rotatable bonds is 3. The van der Waals surface area contributed by atoms with E-state index in [1.54, 1.807) is 0 Å². The fraction of sp³-hybridized carbons (Fsp3) is 0.100. The molecule has 0 saturated carbocycles. The second-order valence-electron chi connectivity index (χ2n) is 2.78. The monoisotopic (exact) mass is 190 g/mol. The molecule has 0 aliphatic heterocycles. The first-order valence-corrected chi connectivity index (χ1v) is 4.22. The highest BCUT2D eigenvalue weighted by atomic mass is 16.5. The van der Waals surface area contributed by atoms with E-state index in [1.807, 2.05) is 30.3 Å². The number of hydrogen-bond acceptors (Lipinski definition) is 4. The predicted molar refractivity (Wildman–Crippen MR) is 51.7 cm³/mol. The van der Waals surface area contributed by atoms with Gasteiger partial charge in [0.05, 0.1) is 0 Å². The van der Waals surface area contributed by atoms with E-state index in [-0.39, 0.29) is 6.01 Å². The Morgan fingerprint density at radius 2 is 2.07 bits per heavy atom. The molecule has 72 valence electrons. The summed E-state index contributed by atoms with van der Waals surface area (Å²) in [6.07, 6.45) is 1.48. The van der Waals surface area contributed by atoms with Crippen molar-refractivity contribution >= 4 is 6.01 Å². The van der Waals surface area contributed by atoms with E-state index >= 15 is 0 Å². The average Bonchev–Trinajstić information content (AvgIpc) is 2.63. The van der Waals surface area contributed by atoms with E-state index in [4.69, 9.17) is 14.9 Å². The number of hydrogen-bond donors (Lipinski definition) is 1. The highest BCUT2D eigenvalue weighted by molar-refractivity contribution is 5.21. The molecule has 1 aromatic carbocycles. The van der Waals surface area contributed by atoms with Crippen molar-refractivity contribution in [2.45, 2.75) is 6.61 Å². The normalized spacial score (nSPS) is 10.0. The van der Waals surface area contributed by atoms with Gasteiger partial charge < -0.3 is 14.9 Å². The second kappa shape index (κ2) is 3.83. The van der Waals surface area contributed by atoms with Gasteiger partial charge in [0.2, 0.25) is 0 Å². The minimum Gasteiger partial charge on any atom is -0.487 e. The van der Waals surface area contributed by atoms with E-state index in [9.17, 15) is 0 Å². The maximum Gasteiger partial charge on any atom is 0.292 e. The topological polar surface area (TPSA) is 61.3 Å². The van der Waals surface area contributed by atoms with E-state index in [1.165, 1.54) is 6.26 Å². The van der Waals surface area contributed by atoms with E-state index < -0.39 is 0 Å². The van der Waals surface area contributed by atoms with Gasteiger partial charge in [-0.05, 0) is 12.1 Å². The summed E-state index contributed by atoms with van der Waals surface area (Å²) >= 11 is 0. The highest BCUT2D eigenvalue weighted by Crippen LogP contribution is 2.11. The van der Waals surface area contributed by atoms with Gasteiger partial charge in [0.25, 0.3) is 6.01 Å². The summed E-state index contributed by atoms with van der Waals surface area (Å²) in [6, 6.07) is 9.67. The zero-order chi connectivity index (χ0) is 9.80. The lowest BCUT2D eigenvalue weighted by Crippen LogP contribution is -1.95. The third-order valence-corrected chi connectivity index (χ3v) is 1.70. The molecule has 14 heavy (non-hydrogen) atoms. The fourth-order valence-corrected chi connectivity index (χ4v) is 1.06. The Kier molecular flexibility index (Phi) is 2.36. The van der Waals surface area contributed by atoms with Crippen LogP contribution in [0.2, 0.25) is 0 Å². The first kappa shape index (κ1) is 8.62. The predicted octanol–water partition coefficient (Wildman–Crippen LogP) is 1.84. The number of nitrogens with zero attached hydrogens (tertiary/aromatic N) is 1. The number of nitrogens with two attached hydrogens (primary N) is 1. The first-order valence-electron chi connectivity index (χ1n) is 4.22. The molecule has 0 spiro atoms. The van der Waals surface area contributed by atoms with Gasteiger partial charge in [0, 0.05) is 0 Å². The van der Waals surface area contributed by atoms with Gasteiger partial charge in [-0.3, -0.25) is 0 Å². The van der Waals surface area contributed by atoms with Crippen molar-refractivity contribution in [2.24, 2.45) is 0 Å². The molecule has 0 amide bonds. The third kappa shape index (κ3) is 2.04. The molecular weight excluding hydrogens is 180 g/mol. The van der Waals surface area contributed by atoms with Gasteiger partial charge in [0.15, 0.2) is 0 Å². The van der Waals surface area contributed by atoms with E-state index in [0.29, 0.717) is 12.3 Å². The Morgan fingerprint density at radius 3 is 2.71 bits per heavy atom. The summed E-state index contributed by atoms with van der Waals surface area (Å²) < 4.78 is 10.3. The summed E-state index contributed by atoms with van der Waals surface area (Å²) in [6.45, 7) is 0.366. The van der Waals surface area contributed by atoms with E-state index in [2.05, 4.69) is 4.98 Å². The molecule has 0 fully saturated rings. The molecule has 0 aliphatic carbocycles. The van der Waals surface area contributed by atoms with Crippen molar-refractivity contribution in [2.75, 3.05) is 5.73 Å². The third-order valence-electron chi connectivity index (χ3n) is 1.70. The van der Waals surface area contributed by atoms with Crippen LogP contribution in [0, 0.1) is 0 Å². The molecule has 2 N–H and O–H groups in total. The van der Waals surface area contributed by atoms with Crippen molar-refractivity contribution < 1.29 is 9.15 Å². The number of nitrogen functional groups attached to an aromatic ring is 1. The lowest BCUT2D eigenvalue weighted by Gasteiger charge is -2.01. The zero-order valence-corrected chi connectivity index (χ0v) is 7.51. The van der Waals surface area contributed by atoms with Crippen molar-refractivity contribution in [3.8, 4) is 5.75 Å². The molecule has 0 atom stereocenters. The zero-order valence-electron chi connectivity index (χ0n) is 7.51. The molecule has 0 bridgehead atoms. The number of benzene rings is 1. The lowest BCUT2D eigenvalue weighted by atomic mass is 10.3. The molecule has 2 rings (SSSR count). The molecule has 0 saturated heterocycles. The van der Waals surface area contributed by atoms with Crippen LogP contribution in [-0.2, 0) is 6.61 Å². The van der Waals surface area contributed by atoms with Crippen LogP contribution in [0.15, 0.2) is 41.0 Å². The number of ether oxygens (including phenoxy) is 1. The first-order chi connectivity index (χ1) is 6.84. The smallest absolute Gasteiger partial charge is 0.292 e. The minimum absolute atomic E-state index is 0.164. The largest absolute Gasteiger partial charge is 0.487 e. The summed E-state index contributed by atoms with van der Waals surface area (Å²) in [7, 11) is 0. The van der Waals surface area contributed by atoms with Gasteiger partial charge in [-0.1, -0.05) is 18.2 Å². The van der Waals surface area contributed by atoms with Crippen LogP contribution in [0.1, 0.15) is 5.69 Å². The summed E-state index contributed by atoms with van der Waals surface area (Å²) in [5.74, 6) is 0.800. The maximum absolute atomic E-state index is 5.43. The summed E-state index contributed by atoms with van der Waals surface area (Å²) in [5, 5.41) is 0. The maximum atomic E-state index is 5.43. The fourth-order valence-electron chi connectivity index (χ4n) is 1.06. The Hall–Kier alpha value is -1.97. The Bertz CT molecular complexity index is 398. The van der Waals surface area contributed by atoms with Gasteiger partial charge in [-0.25, -0.2) is 0 Å². The standard InChI is InChI=1S/C10H10N2O2/c11-10-12-8(7-14-10)6-13-9-4-2-1-3-5-9/h1-5,7H,6H2,(H2,11,12).